The number of ether oxygens (including phenoxy) is 2. The minimum absolute atomic E-state index is 0.0749. The Bertz CT molecular complexity index is 1160. The first-order valence-electron chi connectivity index (χ1n) is 9.38. The predicted molar refractivity (Wildman–Crippen MR) is 115 cm³/mol. The first-order valence-corrected chi connectivity index (χ1v) is 9.38. The Balaban J connectivity index is 1.66. The number of ketones is 1. The van der Waals surface area contributed by atoms with Crippen molar-refractivity contribution in [1.82, 2.24) is 0 Å². The number of hydrogen-bond acceptors (Lipinski definition) is 7. The molecule has 162 valence electrons. The number of amides is 1. The van der Waals surface area contributed by atoms with Gasteiger partial charge in [0.1, 0.15) is 5.75 Å². The summed E-state index contributed by atoms with van der Waals surface area (Å²) in [5.41, 5.74) is 0.679. The number of methoxy groups -OCH3 is 1. The lowest BCUT2D eigenvalue weighted by atomic mass is 10.1. The van der Waals surface area contributed by atoms with Crippen molar-refractivity contribution in [3.63, 3.8) is 0 Å². The number of carbonyl (C=O) groups excluding carboxylic acids is 3. The number of rotatable bonds is 8. The molecular weight excluding hydrogens is 416 g/mol. The van der Waals surface area contributed by atoms with Gasteiger partial charge in [0.05, 0.1) is 23.3 Å². The highest BCUT2D eigenvalue weighted by Gasteiger charge is 2.17. The summed E-state index contributed by atoms with van der Waals surface area (Å²) in [7, 11) is 1.52. The van der Waals surface area contributed by atoms with Gasteiger partial charge in [-0.1, -0.05) is 12.1 Å². The van der Waals surface area contributed by atoms with Crippen molar-refractivity contribution in [3.8, 4) is 5.75 Å². The number of nitro groups is 1. The van der Waals surface area contributed by atoms with Crippen molar-refractivity contribution >= 4 is 29.0 Å². The highest BCUT2D eigenvalue weighted by molar-refractivity contribution is 6.08. The van der Waals surface area contributed by atoms with Crippen molar-refractivity contribution in [2.45, 2.75) is 0 Å². The second-order valence-corrected chi connectivity index (χ2v) is 6.53. The van der Waals surface area contributed by atoms with Crippen LogP contribution in [-0.2, 0) is 4.74 Å². The van der Waals surface area contributed by atoms with Crippen molar-refractivity contribution in [2.24, 2.45) is 0 Å². The van der Waals surface area contributed by atoms with Gasteiger partial charge >= 0.3 is 5.97 Å². The Morgan fingerprint density at radius 1 is 0.906 bits per heavy atom. The summed E-state index contributed by atoms with van der Waals surface area (Å²) in [6.07, 6.45) is 0. The van der Waals surface area contributed by atoms with Gasteiger partial charge in [-0.2, -0.15) is 0 Å². The first-order chi connectivity index (χ1) is 15.4. The number of Topliss-reactive ketones (excluding diaryl/α,β-unsaturated/α-hetero) is 1. The van der Waals surface area contributed by atoms with Gasteiger partial charge in [-0.15, -0.1) is 0 Å². The fourth-order valence-electron chi connectivity index (χ4n) is 2.77. The average molecular weight is 434 g/mol. The van der Waals surface area contributed by atoms with Gasteiger partial charge in [-0.3, -0.25) is 19.7 Å². The number of carbonyl (C=O) groups is 3. The Morgan fingerprint density at radius 2 is 1.53 bits per heavy atom. The van der Waals surface area contributed by atoms with Crippen molar-refractivity contribution < 1.29 is 28.8 Å². The van der Waals surface area contributed by atoms with Gasteiger partial charge in [0.15, 0.2) is 12.4 Å². The number of nitro benzene ring substituents is 1. The molecule has 3 aromatic carbocycles. The standard InChI is InChI=1S/C23H18N2O7/c1-31-18-12-8-16(9-13-18)22(27)24-20-5-3-2-4-19(20)23(28)32-14-21(26)15-6-10-17(11-7-15)25(29)30/h2-13H,14H2,1H3,(H,24,27). The molecule has 0 unspecified atom stereocenters. The maximum atomic E-state index is 12.5. The molecule has 0 bridgehead atoms. The molecule has 0 aliphatic carbocycles. The van der Waals surface area contributed by atoms with Crippen LogP contribution in [0.5, 0.6) is 5.75 Å². The van der Waals surface area contributed by atoms with Crippen molar-refractivity contribution in [2.75, 3.05) is 19.0 Å². The van der Waals surface area contributed by atoms with Crippen molar-refractivity contribution in [3.05, 3.63) is 99.6 Å². The molecule has 32 heavy (non-hydrogen) atoms. The number of nitrogens with zero attached hydrogens (tertiary/aromatic N) is 1. The number of nitrogens with one attached hydrogen (secondary N) is 1. The van der Waals surface area contributed by atoms with Crippen LogP contribution < -0.4 is 10.1 Å². The summed E-state index contributed by atoms with van der Waals surface area (Å²) < 4.78 is 10.2. The molecule has 0 radical (unpaired) electrons. The van der Waals surface area contributed by atoms with Crippen LogP contribution in [0.15, 0.2) is 72.8 Å². The van der Waals surface area contributed by atoms with Crippen LogP contribution in [0.2, 0.25) is 0 Å². The molecular formula is C23H18N2O7. The third kappa shape index (κ3) is 5.33. The Hall–Kier alpha value is -4.53. The van der Waals surface area contributed by atoms with E-state index < -0.39 is 29.2 Å². The molecule has 0 atom stereocenters. The van der Waals surface area contributed by atoms with Crippen LogP contribution in [0.25, 0.3) is 0 Å². The van der Waals surface area contributed by atoms with E-state index in [1.807, 2.05) is 0 Å². The number of benzene rings is 3. The smallest absolute Gasteiger partial charge is 0.340 e. The monoisotopic (exact) mass is 434 g/mol. The summed E-state index contributed by atoms with van der Waals surface area (Å²) in [6, 6.07) is 17.6. The van der Waals surface area contributed by atoms with Crippen LogP contribution in [0, 0.1) is 10.1 Å². The minimum atomic E-state index is -0.800. The summed E-state index contributed by atoms with van der Waals surface area (Å²) in [5.74, 6) is -1.16. The van der Waals surface area contributed by atoms with E-state index in [2.05, 4.69) is 5.32 Å². The summed E-state index contributed by atoms with van der Waals surface area (Å²) in [6.45, 7) is -0.558. The van der Waals surface area contributed by atoms with E-state index in [1.165, 1.54) is 43.5 Å². The van der Waals surface area contributed by atoms with Crippen LogP contribution in [0.1, 0.15) is 31.1 Å². The molecule has 0 heterocycles. The summed E-state index contributed by atoms with van der Waals surface area (Å²) in [5, 5.41) is 13.3. The highest BCUT2D eigenvalue weighted by atomic mass is 16.6. The molecule has 9 heteroatoms. The van der Waals surface area contributed by atoms with Gasteiger partial charge in [0, 0.05) is 23.3 Å². The zero-order valence-electron chi connectivity index (χ0n) is 16.9. The normalized spacial score (nSPS) is 10.2. The molecule has 0 aliphatic rings. The number of anilines is 1. The van der Waals surface area contributed by atoms with E-state index in [1.54, 1.807) is 36.4 Å². The fraction of sp³-hybridized carbons (Fsp3) is 0.0870. The largest absolute Gasteiger partial charge is 0.497 e. The van der Waals surface area contributed by atoms with E-state index >= 15 is 0 Å². The molecule has 0 fully saturated rings. The van der Waals surface area contributed by atoms with E-state index in [0.717, 1.165) is 0 Å². The van der Waals surface area contributed by atoms with Crippen LogP contribution in [0.4, 0.5) is 11.4 Å². The molecule has 0 aromatic heterocycles. The topological polar surface area (TPSA) is 125 Å². The van der Waals surface area contributed by atoms with Crippen LogP contribution in [-0.4, -0.2) is 36.3 Å². The highest BCUT2D eigenvalue weighted by Crippen LogP contribution is 2.19. The van der Waals surface area contributed by atoms with E-state index in [0.29, 0.717) is 11.3 Å². The van der Waals surface area contributed by atoms with Crippen molar-refractivity contribution in [1.29, 1.82) is 0 Å². The molecule has 0 saturated heterocycles. The number of non-ortho nitro benzene ring substituents is 1. The molecule has 3 rings (SSSR count). The average Bonchev–Trinajstić information content (AvgIpc) is 2.82. The number of hydrogen-bond donors (Lipinski definition) is 1. The van der Waals surface area contributed by atoms with E-state index in [4.69, 9.17) is 9.47 Å². The lowest BCUT2D eigenvalue weighted by Crippen LogP contribution is -2.18. The number of para-hydroxylation sites is 1. The molecule has 0 spiro atoms. The van der Waals surface area contributed by atoms with Gasteiger partial charge in [0.25, 0.3) is 11.6 Å². The van der Waals surface area contributed by atoms with E-state index in [9.17, 15) is 24.5 Å². The molecule has 0 aliphatic heterocycles. The molecule has 0 saturated carbocycles. The second kappa shape index (κ2) is 9.98. The molecule has 1 amide bonds. The maximum Gasteiger partial charge on any atom is 0.340 e. The fourth-order valence-corrected chi connectivity index (χ4v) is 2.77. The summed E-state index contributed by atoms with van der Waals surface area (Å²) in [4.78, 5) is 47.4. The molecule has 9 nitrogen and oxygen atoms in total. The molecule has 1 N–H and O–H groups in total. The van der Waals surface area contributed by atoms with Crippen LogP contribution >= 0.6 is 0 Å². The van der Waals surface area contributed by atoms with Crippen LogP contribution in [0.3, 0.4) is 0 Å². The zero-order valence-corrected chi connectivity index (χ0v) is 16.9. The van der Waals surface area contributed by atoms with Gasteiger partial charge in [0.2, 0.25) is 0 Å². The van der Waals surface area contributed by atoms with Gasteiger partial charge in [-0.05, 0) is 48.5 Å². The quantitative estimate of drug-likeness (QED) is 0.247. The maximum absolute atomic E-state index is 12.5. The minimum Gasteiger partial charge on any atom is -0.497 e. The Kier molecular flexibility index (Phi) is 6.92. The van der Waals surface area contributed by atoms with E-state index in [-0.39, 0.29) is 22.5 Å². The Morgan fingerprint density at radius 3 is 2.16 bits per heavy atom. The third-order valence-corrected chi connectivity index (χ3v) is 4.48. The zero-order chi connectivity index (χ0) is 23.1. The van der Waals surface area contributed by atoms with Gasteiger partial charge in [-0.25, -0.2) is 4.79 Å². The SMILES string of the molecule is COc1ccc(C(=O)Nc2ccccc2C(=O)OCC(=O)c2ccc([N+](=O)[O-])cc2)cc1. The Labute approximate surface area is 182 Å². The summed E-state index contributed by atoms with van der Waals surface area (Å²) >= 11 is 0. The van der Waals surface area contributed by atoms with Gasteiger partial charge < -0.3 is 14.8 Å². The predicted octanol–water partition coefficient (Wildman–Crippen LogP) is 3.90. The lowest BCUT2D eigenvalue weighted by Gasteiger charge is -2.11. The number of esters is 1. The third-order valence-electron chi connectivity index (χ3n) is 4.48. The molecule has 3 aromatic rings. The first kappa shape index (κ1) is 22.2. The second-order valence-electron chi connectivity index (χ2n) is 6.53. The lowest BCUT2D eigenvalue weighted by molar-refractivity contribution is -0.384.